The van der Waals surface area contributed by atoms with Crippen molar-refractivity contribution in [3.63, 3.8) is 0 Å². The van der Waals surface area contributed by atoms with Crippen molar-refractivity contribution in [2.75, 3.05) is 24.3 Å². The first-order valence-corrected chi connectivity index (χ1v) is 8.61. The number of rotatable bonds is 5. The number of anilines is 2. The highest BCUT2D eigenvalue weighted by molar-refractivity contribution is 6.27. The molecule has 7 heteroatoms. The first-order chi connectivity index (χ1) is 11.7. The van der Waals surface area contributed by atoms with E-state index in [-0.39, 0.29) is 11.8 Å². The molecule has 0 aliphatic carbocycles. The summed E-state index contributed by atoms with van der Waals surface area (Å²) in [5.74, 6) is 2.06. The number of halogens is 1. The number of hydrogen-bond acceptors (Lipinski definition) is 5. The quantitative estimate of drug-likeness (QED) is 0.843. The van der Waals surface area contributed by atoms with E-state index in [9.17, 15) is 4.79 Å². The van der Waals surface area contributed by atoms with Gasteiger partial charge in [0.1, 0.15) is 17.5 Å². The Hall–Kier alpha value is -2.21. The Kier molecular flexibility index (Phi) is 5.59. The van der Waals surface area contributed by atoms with Gasteiger partial charge in [-0.25, -0.2) is 9.97 Å². The van der Waals surface area contributed by atoms with Crippen molar-refractivity contribution in [3.05, 3.63) is 42.5 Å². The molecule has 24 heavy (non-hydrogen) atoms. The zero-order valence-corrected chi connectivity index (χ0v) is 14.1. The molecule has 0 saturated carbocycles. The van der Waals surface area contributed by atoms with E-state index in [4.69, 9.17) is 11.6 Å². The van der Waals surface area contributed by atoms with Gasteiger partial charge in [0, 0.05) is 19.3 Å². The number of nitrogens with zero attached hydrogens (tertiary/aromatic N) is 4. The maximum atomic E-state index is 11.6. The third-order valence-corrected chi connectivity index (χ3v) is 4.43. The summed E-state index contributed by atoms with van der Waals surface area (Å²) < 4.78 is 0. The predicted octanol–water partition coefficient (Wildman–Crippen LogP) is 2.64. The molecule has 0 spiro atoms. The zero-order chi connectivity index (χ0) is 16.8. The molecule has 1 N–H and O–H groups in total. The van der Waals surface area contributed by atoms with Crippen LogP contribution in [0.1, 0.15) is 18.5 Å². The fourth-order valence-electron chi connectivity index (χ4n) is 2.86. The maximum Gasteiger partial charge on any atom is 0.237 e. The normalized spacial score (nSPS) is 15.3. The van der Waals surface area contributed by atoms with Crippen molar-refractivity contribution in [2.45, 2.75) is 19.3 Å². The van der Waals surface area contributed by atoms with E-state index >= 15 is 0 Å². The summed E-state index contributed by atoms with van der Waals surface area (Å²) in [6.07, 6.45) is 8.12. The second-order valence-corrected chi connectivity index (χ2v) is 6.16. The third-order valence-electron chi connectivity index (χ3n) is 4.21. The van der Waals surface area contributed by atoms with Gasteiger partial charge in [-0.05, 0) is 37.3 Å². The van der Waals surface area contributed by atoms with Gasteiger partial charge in [-0.15, -0.1) is 11.6 Å². The van der Waals surface area contributed by atoms with E-state index in [1.807, 2.05) is 29.3 Å². The topological polar surface area (TPSA) is 71.0 Å². The number of piperidine rings is 1. The Morgan fingerprint density at radius 1 is 1.17 bits per heavy atom. The number of amides is 1. The summed E-state index contributed by atoms with van der Waals surface area (Å²) in [6.45, 7) is 1.56. The van der Waals surface area contributed by atoms with Crippen molar-refractivity contribution < 1.29 is 4.79 Å². The van der Waals surface area contributed by atoms with Crippen molar-refractivity contribution >= 4 is 29.1 Å². The first-order valence-electron chi connectivity index (χ1n) is 8.07. The fourth-order valence-corrected chi connectivity index (χ4v) is 3.03. The fraction of sp³-hybridized carbons (Fsp3) is 0.412. The van der Waals surface area contributed by atoms with Gasteiger partial charge < -0.3 is 10.2 Å². The highest BCUT2D eigenvalue weighted by Crippen LogP contribution is 2.21. The minimum atomic E-state index is 0.0276. The standard InChI is InChI=1S/C17H20ClN5O/c18-10-17(24)23-7-4-13(5-8-23)9-14-11-21-16(12-20-14)22-15-3-1-2-6-19-15/h1-3,6,11-13H,4-5,7-10H2,(H,19,21,22). The van der Waals surface area contributed by atoms with Crippen LogP contribution in [0, 0.1) is 5.92 Å². The van der Waals surface area contributed by atoms with Crippen LogP contribution < -0.4 is 5.32 Å². The van der Waals surface area contributed by atoms with E-state index < -0.39 is 0 Å². The molecule has 126 valence electrons. The summed E-state index contributed by atoms with van der Waals surface area (Å²) in [4.78, 5) is 26.5. The molecule has 0 radical (unpaired) electrons. The van der Waals surface area contributed by atoms with Crippen LogP contribution in [0.2, 0.25) is 0 Å². The number of aromatic nitrogens is 3. The van der Waals surface area contributed by atoms with Gasteiger partial charge in [0.2, 0.25) is 5.91 Å². The van der Waals surface area contributed by atoms with Gasteiger partial charge in [0.25, 0.3) is 0 Å². The lowest BCUT2D eigenvalue weighted by molar-refractivity contribution is -0.129. The molecule has 0 aromatic carbocycles. The molecular weight excluding hydrogens is 326 g/mol. The summed E-state index contributed by atoms with van der Waals surface area (Å²) in [5, 5.41) is 3.12. The van der Waals surface area contributed by atoms with E-state index in [0.29, 0.717) is 11.7 Å². The van der Waals surface area contributed by atoms with Crippen LogP contribution >= 0.6 is 11.6 Å². The number of nitrogens with one attached hydrogen (secondary N) is 1. The molecule has 1 aliphatic rings. The molecule has 3 heterocycles. The second kappa shape index (κ2) is 8.06. The number of carbonyl (C=O) groups is 1. The van der Waals surface area contributed by atoms with Crippen molar-refractivity contribution in [2.24, 2.45) is 5.92 Å². The third kappa shape index (κ3) is 4.41. The summed E-state index contributed by atoms with van der Waals surface area (Å²) >= 11 is 5.60. The van der Waals surface area contributed by atoms with Crippen LogP contribution in [0.4, 0.5) is 11.6 Å². The van der Waals surface area contributed by atoms with Gasteiger partial charge in [-0.1, -0.05) is 6.07 Å². The van der Waals surface area contributed by atoms with Gasteiger partial charge in [0.05, 0.1) is 18.1 Å². The SMILES string of the molecule is O=C(CCl)N1CCC(Cc2cnc(Nc3ccccn3)cn2)CC1. The predicted molar refractivity (Wildman–Crippen MR) is 93.3 cm³/mol. The largest absolute Gasteiger partial charge is 0.342 e. The monoisotopic (exact) mass is 345 g/mol. The van der Waals surface area contributed by atoms with Crippen LogP contribution in [0.25, 0.3) is 0 Å². The minimum Gasteiger partial charge on any atom is -0.342 e. The van der Waals surface area contributed by atoms with E-state index in [0.717, 1.165) is 43.9 Å². The lowest BCUT2D eigenvalue weighted by atomic mass is 9.92. The smallest absolute Gasteiger partial charge is 0.237 e. The van der Waals surface area contributed by atoms with E-state index in [1.54, 1.807) is 12.4 Å². The van der Waals surface area contributed by atoms with E-state index in [2.05, 4.69) is 20.3 Å². The molecule has 1 amide bonds. The first kappa shape index (κ1) is 16.6. The summed E-state index contributed by atoms with van der Waals surface area (Å²) in [6, 6.07) is 5.66. The molecule has 0 bridgehead atoms. The highest BCUT2D eigenvalue weighted by Gasteiger charge is 2.22. The number of pyridine rings is 1. The van der Waals surface area contributed by atoms with Crippen LogP contribution in [-0.4, -0.2) is 44.7 Å². The highest BCUT2D eigenvalue weighted by atomic mass is 35.5. The van der Waals surface area contributed by atoms with Crippen LogP contribution in [0.3, 0.4) is 0 Å². The van der Waals surface area contributed by atoms with Crippen LogP contribution in [0.5, 0.6) is 0 Å². The Bertz CT molecular complexity index is 656. The van der Waals surface area contributed by atoms with Crippen LogP contribution in [0.15, 0.2) is 36.8 Å². The summed E-state index contributed by atoms with van der Waals surface area (Å²) in [7, 11) is 0. The molecule has 2 aromatic heterocycles. The van der Waals surface area contributed by atoms with Gasteiger partial charge in [-0.2, -0.15) is 0 Å². The number of carbonyl (C=O) groups excluding carboxylic acids is 1. The Morgan fingerprint density at radius 2 is 2.00 bits per heavy atom. The second-order valence-electron chi connectivity index (χ2n) is 5.89. The van der Waals surface area contributed by atoms with Gasteiger partial charge in [-0.3, -0.25) is 9.78 Å². The molecule has 1 saturated heterocycles. The lowest BCUT2D eigenvalue weighted by Gasteiger charge is -2.31. The molecule has 1 fully saturated rings. The van der Waals surface area contributed by atoms with Crippen molar-refractivity contribution in [1.29, 1.82) is 0 Å². The molecule has 3 rings (SSSR count). The Labute approximate surface area is 146 Å². The van der Waals surface area contributed by atoms with Gasteiger partial charge >= 0.3 is 0 Å². The molecule has 1 aliphatic heterocycles. The zero-order valence-electron chi connectivity index (χ0n) is 13.4. The summed E-state index contributed by atoms with van der Waals surface area (Å²) in [5.41, 5.74) is 0.976. The lowest BCUT2D eigenvalue weighted by Crippen LogP contribution is -2.39. The molecule has 6 nitrogen and oxygen atoms in total. The van der Waals surface area contributed by atoms with Crippen LogP contribution in [-0.2, 0) is 11.2 Å². The van der Waals surface area contributed by atoms with Gasteiger partial charge in [0.15, 0.2) is 0 Å². The van der Waals surface area contributed by atoms with Crippen molar-refractivity contribution in [1.82, 2.24) is 19.9 Å². The molecule has 2 aromatic rings. The Balaban J connectivity index is 1.51. The maximum absolute atomic E-state index is 11.6. The Morgan fingerprint density at radius 3 is 2.62 bits per heavy atom. The average Bonchev–Trinajstić information content (AvgIpc) is 2.64. The van der Waals surface area contributed by atoms with E-state index in [1.165, 1.54) is 0 Å². The number of likely N-dealkylation sites (tertiary alicyclic amines) is 1. The molecule has 0 unspecified atom stereocenters. The number of hydrogen-bond donors (Lipinski definition) is 1. The van der Waals surface area contributed by atoms with Crippen molar-refractivity contribution in [3.8, 4) is 0 Å². The molecule has 0 atom stereocenters. The average molecular weight is 346 g/mol. The number of alkyl halides is 1. The molecular formula is C17H20ClN5O. The minimum absolute atomic E-state index is 0.0276.